The minimum atomic E-state index is -3.48. The number of rotatable bonds is 8. The maximum absolute atomic E-state index is 12.4. The molecule has 130 valence electrons. The zero-order valence-electron chi connectivity index (χ0n) is 13.5. The summed E-state index contributed by atoms with van der Waals surface area (Å²) in [5.74, 6) is -0.0236. The van der Waals surface area contributed by atoms with Crippen molar-refractivity contribution in [1.29, 1.82) is 0 Å². The van der Waals surface area contributed by atoms with Crippen LogP contribution < -0.4 is 10.0 Å². The SMILES string of the molecule is CN(c1cc(Cl)ccc1N)S(=O)(=O)CCCOCc1ccccc1. The first-order valence-corrected chi connectivity index (χ1v) is 9.52. The number of nitrogen functional groups attached to an aromatic ring is 1. The smallest absolute Gasteiger partial charge is 0.235 e. The minimum Gasteiger partial charge on any atom is -0.397 e. The maximum Gasteiger partial charge on any atom is 0.235 e. The number of nitrogens with two attached hydrogens (primary N) is 1. The Morgan fingerprint density at radius 1 is 1.17 bits per heavy atom. The molecule has 2 aromatic carbocycles. The van der Waals surface area contributed by atoms with Crippen LogP contribution in [0.5, 0.6) is 0 Å². The van der Waals surface area contributed by atoms with E-state index in [4.69, 9.17) is 22.1 Å². The molecule has 0 aromatic heterocycles. The molecule has 2 aromatic rings. The van der Waals surface area contributed by atoms with Crippen LogP contribution in [0.15, 0.2) is 48.5 Å². The standard InChI is InChI=1S/C17H21ClN2O3S/c1-20(17-12-15(18)8-9-16(17)19)24(21,22)11-5-10-23-13-14-6-3-2-4-7-14/h2-4,6-9,12H,5,10-11,13,19H2,1H3. The van der Waals surface area contributed by atoms with Gasteiger partial charge in [0.25, 0.3) is 0 Å². The Balaban J connectivity index is 1.85. The van der Waals surface area contributed by atoms with Crippen molar-refractivity contribution in [3.05, 3.63) is 59.1 Å². The molecule has 0 heterocycles. The second-order valence-corrected chi connectivity index (χ2v) is 7.93. The topological polar surface area (TPSA) is 72.6 Å². The summed E-state index contributed by atoms with van der Waals surface area (Å²) < 4.78 is 31.5. The molecule has 0 radical (unpaired) electrons. The molecule has 7 heteroatoms. The average molecular weight is 369 g/mol. The van der Waals surface area contributed by atoms with Crippen molar-refractivity contribution >= 4 is 33.0 Å². The molecule has 0 saturated carbocycles. The zero-order valence-corrected chi connectivity index (χ0v) is 15.1. The fourth-order valence-electron chi connectivity index (χ4n) is 2.18. The van der Waals surface area contributed by atoms with Crippen LogP contribution in [0.1, 0.15) is 12.0 Å². The lowest BCUT2D eigenvalue weighted by atomic mass is 10.2. The maximum atomic E-state index is 12.4. The first-order chi connectivity index (χ1) is 11.4. The number of anilines is 2. The Morgan fingerprint density at radius 3 is 2.58 bits per heavy atom. The third-order valence-electron chi connectivity index (χ3n) is 3.55. The quantitative estimate of drug-likeness (QED) is 0.573. The van der Waals surface area contributed by atoms with Gasteiger partial charge in [0.15, 0.2) is 0 Å². The normalized spacial score (nSPS) is 11.4. The molecular formula is C17H21ClN2O3S. The molecule has 0 atom stereocenters. The highest BCUT2D eigenvalue weighted by Crippen LogP contribution is 2.28. The van der Waals surface area contributed by atoms with Crippen LogP contribution in [0.4, 0.5) is 11.4 Å². The van der Waals surface area contributed by atoms with Crippen molar-refractivity contribution in [3.8, 4) is 0 Å². The molecule has 0 aliphatic rings. The minimum absolute atomic E-state index is 0.0236. The van der Waals surface area contributed by atoms with E-state index in [2.05, 4.69) is 0 Å². The second-order valence-electron chi connectivity index (χ2n) is 5.38. The predicted octanol–water partition coefficient (Wildman–Crippen LogP) is 3.30. The molecule has 2 N–H and O–H groups in total. The van der Waals surface area contributed by atoms with Crippen LogP contribution >= 0.6 is 11.6 Å². The van der Waals surface area contributed by atoms with Crippen molar-refractivity contribution in [2.75, 3.05) is 29.4 Å². The molecule has 2 rings (SSSR count). The van der Waals surface area contributed by atoms with Gasteiger partial charge in [0.2, 0.25) is 10.0 Å². The summed E-state index contributed by atoms with van der Waals surface area (Å²) in [7, 11) is -2.01. The third-order valence-corrected chi connectivity index (χ3v) is 5.62. The van der Waals surface area contributed by atoms with Crippen LogP contribution in [0, 0.1) is 0 Å². The van der Waals surface area contributed by atoms with E-state index in [1.54, 1.807) is 18.2 Å². The van der Waals surface area contributed by atoms with Gasteiger partial charge in [0.1, 0.15) is 0 Å². The summed E-state index contributed by atoms with van der Waals surface area (Å²) in [6.45, 7) is 0.838. The molecule has 0 aliphatic carbocycles. The van der Waals surface area contributed by atoms with E-state index >= 15 is 0 Å². The first kappa shape index (κ1) is 18.6. The highest BCUT2D eigenvalue weighted by molar-refractivity contribution is 7.92. The van der Waals surface area contributed by atoms with Crippen molar-refractivity contribution in [3.63, 3.8) is 0 Å². The fourth-order valence-corrected chi connectivity index (χ4v) is 3.56. The van der Waals surface area contributed by atoms with Crippen LogP contribution in [-0.4, -0.2) is 27.8 Å². The van der Waals surface area contributed by atoms with E-state index in [1.165, 1.54) is 11.4 Å². The summed E-state index contributed by atoms with van der Waals surface area (Å²) >= 11 is 5.92. The molecular weight excluding hydrogens is 348 g/mol. The molecule has 0 aliphatic heterocycles. The third kappa shape index (κ3) is 5.12. The van der Waals surface area contributed by atoms with Crippen LogP contribution in [0.3, 0.4) is 0 Å². The second kappa shape index (κ2) is 8.37. The molecule has 0 bridgehead atoms. The van der Waals surface area contributed by atoms with Crippen molar-refractivity contribution in [2.45, 2.75) is 13.0 Å². The summed E-state index contributed by atoms with van der Waals surface area (Å²) in [5.41, 5.74) is 7.65. The first-order valence-electron chi connectivity index (χ1n) is 7.53. The predicted molar refractivity (Wildman–Crippen MR) is 98.8 cm³/mol. The summed E-state index contributed by atoms with van der Waals surface area (Å²) in [6.07, 6.45) is 0.403. The van der Waals surface area contributed by atoms with Crippen LogP contribution in [0.25, 0.3) is 0 Å². The van der Waals surface area contributed by atoms with E-state index in [-0.39, 0.29) is 5.75 Å². The Kier molecular flexibility index (Phi) is 6.48. The Bertz CT molecular complexity index is 767. The number of halogens is 1. The van der Waals surface area contributed by atoms with Crippen LogP contribution in [-0.2, 0) is 21.4 Å². The lowest BCUT2D eigenvalue weighted by Crippen LogP contribution is -2.30. The van der Waals surface area contributed by atoms with E-state index in [9.17, 15) is 8.42 Å². The molecule has 0 amide bonds. The summed E-state index contributed by atoms with van der Waals surface area (Å²) in [5, 5.41) is 0.437. The van der Waals surface area contributed by atoms with Gasteiger partial charge in [-0.25, -0.2) is 8.42 Å². The largest absolute Gasteiger partial charge is 0.397 e. The van der Waals surface area contributed by atoms with Gasteiger partial charge in [0.05, 0.1) is 23.7 Å². The Labute approximate surface area is 148 Å². The zero-order chi connectivity index (χ0) is 17.6. The Hall–Kier alpha value is -1.76. The lowest BCUT2D eigenvalue weighted by molar-refractivity contribution is 0.122. The van der Waals surface area contributed by atoms with Gasteiger partial charge in [-0.1, -0.05) is 41.9 Å². The lowest BCUT2D eigenvalue weighted by Gasteiger charge is -2.21. The highest BCUT2D eigenvalue weighted by atomic mass is 35.5. The highest BCUT2D eigenvalue weighted by Gasteiger charge is 2.20. The monoisotopic (exact) mass is 368 g/mol. The van der Waals surface area contributed by atoms with E-state index in [0.717, 1.165) is 5.56 Å². The van der Waals surface area contributed by atoms with Gasteiger partial charge >= 0.3 is 0 Å². The molecule has 0 spiro atoms. The number of sulfonamides is 1. The van der Waals surface area contributed by atoms with Gasteiger partial charge in [-0.2, -0.15) is 0 Å². The number of benzene rings is 2. The molecule has 0 fully saturated rings. The fraction of sp³-hybridized carbons (Fsp3) is 0.294. The summed E-state index contributed by atoms with van der Waals surface area (Å²) in [4.78, 5) is 0. The van der Waals surface area contributed by atoms with Crippen molar-refractivity contribution in [1.82, 2.24) is 0 Å². The number of ether oxygens (including phenoxy) is 1. The van der Waals surface area contributed by atoms with E-state index in [0.29, 0.717) is 36.0 Å². The number of hydrogen-bond donors (Lipinski definition) is 1. The average Bonchev–Trinajstić information content (AvgIpc) is 2.57. The molecule has 0 saturated heterocycles. The molecule has 0 unspecified atom stereocenters. The number of hydrogen-bond acceptors (Lipinski definition) is 4. The Morgan fingerprint density at radius 2 is 1.88 bits per heavy atom. The van der Waals surface area contributed by atoms with E-state index < -0.39 is 10.0 Å². The van der Waals surface area contributed by atoms with Gasteiger partial charge in [-0.05, 0) is 30.2 Å². The van der Waals surface area contributed by atoms with E-state index in [1.807, 2.05) is 30.3 Å². The molecule has 5 nitrogen and oxygen atoms in total. The van der Waals surface area contributed by atoms with Gasteiger partial charge in [-0.3, -0.25) is 4.31 Å². The van der Waals surface area contributed by atoms with Gasteiger partial charge in [-0.15, -0.1) is 0 Å². The summed E-state index contributed by atoms with van der Waals surface area (Å²) in [6, 6.07) is 14.5. The van der Waals surface area contributed by atoms with Gasteiger partial charge < -0.3 is 10.5 Å². The molecule has 24 heavy (non-hydrogen) atoms. The number of nitrogens with zero attached hydrogens (tertiary/aromatic N) is 1. The van der Waals surface area contributed by atoms with Crippen molar-refractivity contribution in [2.24, 2.45) is 0 Å². The van der Waals surface area contributed by atoms with Crippen molar-refractivity contribution < 1.29 is 13.2 Å². The van der Waals surface area contributed by atoms with Crippen LogP contribution in [0.2, 0.25) is 5.02 Å². The van der Waals surface area contributed by atoms with Gasteiger partial charge in [0, 0.05) is 18.7 Å².